The van der Waals surface area contributed by atoms with Crippen LogP contribution in [0.2, 0.25) is 0 Å². The average Bonchev–Trinajstić information content (AvgIpc) is 3.05. The van der Waals surface area contributed by atoms with Crippen molar-refractivity contribution >= 4 is 34.7 Å². The van der Waals surface area contributed by atoms with Crippen molar-refractivity contribution in [2.24, 2.45) is 12.1 Å². The van der Waals surface area contributed by atoms with Gasteiger partial charge < -0.3 is 9.30 Å². The molecule has 0 saturated carbocycles. The Bertz CT molecular complexity index is 922. The Morgan fingerprint density at radius 3 is 2.96 bits per heavy atom. The van der Waals surface area contributed by atoms with E-state index in [1.54, 1.807) is 24.2 Å². The lowest BCUT2D eigenvalue weighted by Gasteiger charge is -2.08. The summed E-state index contributed by atoms with van der Waals surface area (Å²) in [7, 11) is 3.43. The van der Waals surface area contributed by atoms with Crippen molar-refractivity contribution in [3.05, 3.63) is 48.3 Å². The number of carbonyl (C=O) groups excluding carboxylic acids is 1. The van der Waals surface area contributed by atoms with Crippen LogP contribution in [-0.4, -0.2) is 39.7 Å². The summed E-state index contributed by atoms with van der Waals surface area (Å²) in [5.74, 6) is 0.685. The Morgan fingerprint density at radius 2 is 2.20 bits per heavy atom. The highest BCUT2D eigenvalue weighted by molar-refractivity contribution is 7.99. The monoisotopic (exact) mass is 355 g/mol. The molecule has 0 bridgehead atoms. The second-order valence-corrected chi connectivity index (χ2v) is 6.15. The number of nitrogens with zero attached hydrogens (tertiary/aromatic N) is 4. The number of hydrogen-bond acceptors (Lipinski definition) is 6. The number of hydrazone groups is 1. The van der Waals surface area contributed by atoms with E-state index in [4.69, 9.17) is 4.74 Å². The topological polar surface area (TPSA) is 81.4 Å². The molecule has 0 spiro atoms. The lowest BCUT2D eigenvalue weighted by molar-refractivity contribution is -0.118. The highest BCUT2D eigenvalue weighted by atomic mass is 32.2. The second kappa shape index (κ2) is 7.80. The number of aromatic nitrogens is 3. The van der Waals surface area contributed by atoms with E-state index in [1.165, 1.54) is 11.8 Å². The van der Waals surface area contributed by atoms with Gasteiger partial charge in [0, 0.05) is 12.6 Å². The molecular weight excluding hydrogens is 338 g/mol. The number of thioether (sulfide) groups is 1. The molecule has 7 nitrogen and oxygen atoms in total. The highest BCUT2D eigenvalue weighted by Gasteiger charge is 2.08. The highest BCUT2D eigenvalue weighted by Crippen LogP contribution is 2.26. The van der Waals surface area contributed by atoms with Gasteiger partial charge in [-0.2, -0.15) is 5.10 Å². The van der Waals surface area contributed by atoms with Gasteiger partial charge in [0.2, 0.25) is 0 Å². The van der Waals surface area contributed by atoms with Gasteiger partial charge in [0.25, 0.3) is 5.91 Å². The maximum atomic E-state index is 11.9. The minimum Gasteiger partial charge on any atom is -0.496 e. The zero-order chi connectivity index (χ0) is 17.6. The minimum atomic E-state index is -0.219. The molecule has 1 heterocycles. The summed E-state index contributed by atoms with van der Waals surface area (Å²) in [6.07, 6.45) is 3.19. The van der Waals surface area contributed by atoms with Crippen LogP contribution in [0.5, 0.6) is 5.75 Å². The van der Waals surface area contributed by atoms with Gasteiger partial charge in [-0.3, -0.25) is 4.79 Å². The Balaban J connectivity index is 1.68. The van der Waals surface area contributed by atoms with E-state index in [9.17, 15) is 4.79 Å². The molecule has 0 aliphatic heterocycles. The van der Waals surface area contributed by atoms with Gasteiger partial charge in [0.05, 0.1) is 19.1 Å². The van der Waals surface area contributed by atoms with Crippen LogP contribution in [0.1, 0.15) is 5.56 Å². The number of benzene rings is 2. The number of carbonyl (C=O) groups is 1. The minimum absolute atomic E-state index is 0.205. The first-order valence-electron chi connectivity index (χ1n) is 7.53. The second-order valence-electron chi connectivity index (χ2n) is 5.21. The van der Waals surface area contributed by atoms with Crippen LogP contribution in [0.15, 0.2) is 53.0 Å². The number of aryl methyl sites for hydroxylation is 1. The number of nitrogens with one attached hydrogen (secondary N) is 1. The smallest absolute Gasteiger partial charge is 0.250 e. The van der Waals surface area contributed by atoms with Gasteiger partial charge in [-0.05, 0) is 16.8 Å². The third-order valence-corrected chi connectivity index (χ3v) is 4.57. The molecule has 0 aliphatic rings. The standard InChI is InChI=1S/C17H17N5O2S/c1-22-11-19-21-17(22)25-10-16(23)20-18-9-14-13-6-4-3-5-12(13)7-8-15(14)24-2/h3-9,11H,10H2,1-2H3,(H,20,23)/b18-9+. The molecule has 1 aromatic heterocycles. The molecule has 0 radical (unpaired) electrons. The van der Waals surface area contributed by atoms with E-state index in [-0.39, 0.29) is 11.7 Å². The number of methoxy groups -OCH3 is 1. The van der Waals surface area contributed by atoms with Crippen LogP contribution >= 0.6 is 11.8 Å². The summed E-state index contributed by atoms with van der Waals surface area (Å²) in [4.78, 5) is 11.9. The summed E-state index contributed by atoms with van der Waals surface area (Å²) in [6, 6.07) is 11.8. The molecular formula is C17H17N5O2S. The van der Waals surface area contributed by atoms with Crippen LogP contribution in [0.25, 0.3) is 10.8 Å². The lowest BCUT2D eigenvalue weighted by atomic mass is 10.0. The molecule has 0 fully saturated rings. The maximum Gasteiger partial charge on any atom is 0.250 e. The van der Waals surface area contributed by atoms with E-state index in [0.717, 1.165) is 16.3 Å². The summed E-state index contributed by atoms with van der Waals surface area (Å²) in [6.45, 7) is 0. The molecule has 128 valence electrons. The molecule has 0 aliphatic carbocycles. The fourth-order valence-electron chi connectivity index (χ4n) is 2.32. The molecule has 0 atom stereocenters. The Kier molecular flexibility index (Phi) is 5.30. The van der Waals surface area contributed by atoms with Gasteiger partial charge in [0.1, 0.15) is 12.1 Å². The molecule has 3 aromatic rings. The molecule has 0 saturated heterocycles. The molecule has 0 unspecified atom stereocenters. The molecule has 25 heavy (non-hydrogen) atoms. The van der Waals surface area contributed by atoms with Gasteiger partial charge in [-0.15, -0.1) is 10.2 Å². The molecule has 3 rings (SSSR count). The van der Waals surface area contributed by atoms with Crippen LogP contribution in [0.3, 0.4) is 0 Å². The molecule has 1 N–H and O–H groups in total. The quantitative estimate of drug-likeness (QED) is 0.416. The van der Waals surface area contributed by atoms with E-state index in [2.05, 4.69) is 20.7 Å². The summed E-state index contributed by atoms with van der Waals surface area (Å²) in [5, 5.41) is 14.5. The average molecular weight is 355 g/mol. The molecule has 1 amide bonds. The van der Waals surface area contributed by atoms with Crippen LogP contribution in [0.4, 0.5) is 0 Å². The number of amides is 1. The first-order chi connectivity index (χ1) is 12.2. The van der Waals surface area contributed by atoms with Crippen molar-refractivity contribution in [2.75, 3.05) is 12.9 Å². The number of rotatable bonds is 6. The summed E-state index contributed by atoms with van der Waals surface area (Å²) < 4.78 is 7.15. The Hall–Kier alpha value is -2.87. The van der Waals surface area contributed by atoms with Gasteiger partial charge in [-0.25, -0.2) is 5.43 Å². The third-order valence-electron chi connectivity index (χ3n) is 3.54. The predicted octanol–water partition coefficient (Wildman–Crippen LogP) is 2.22. The zero-order valence-electron chi connectivity index (χ0n) is 13.8. The van der Waals surface area contributed by atoms with E-state index < -0.39 is 0 Å². The summed E-state index contributed by atoms with van der Waals surface area (Å²) >= 11 is 1.30. The van der Waals surface area contributed by atoms with E-state index in [0.29, 0.717) is 10.9 Å². The molecule has 2 aromatic carbocycles. The van der Waals surface area contributed by atoms with Crippen LogP contribution in [0, 0.1) is 0 Å². The van der Waals surface area contributed by atoms with Crippen molar-refractivity contribution < 1.29 is 9.53 Å². The Labute approximate surface area is 149 Å². The van der Waals surface area contributed by atoms with Crippen molar-refractivity contribution in [1.29, 1.82) is 0 Å². The van der Waals surface area contributed by atoms with Gasteiger partial charge in [0.15, 0.2) is 5.16 Å². The number of hydrogen-bond donors (Lipinski definition) is 1. The third kappa shape index (κ3) is 3.97. The first-order valence-corrected chi connectivity index (χ1v) is 8.52. The molecule has 8 heteroatoms. The number of fused-ring (bicyclic) bond motifs is 1. The lowest BCUT2D eigenvalue weighted by Crippen LogP contribution is -2.20. The maximum absolute atomic E-state index is 11.9. The predicted molar refractivity (Wildman–Crippen MR) is 98.0 cm³/mol. The first kappa shape index (κ1) is 17.0. The fourth-order valence-corrected chi connectivity index (χ4v) is 3.00. The normalized spacial score (nSPS) is 11.1. The van der Waals surface area contributed by atoms with Crippen LogP contribution < -0.4 is 10.2 Å². The van der Waals surface area contributed by atoms with Crippen molar-refractivity contribution in [2.45, 2.75) is 5.16 Å². The van der Waals surface area contributed by atoms with Crippen molar-refractivity contribution in [3.8, 4) is 5.75 Å². The number of ether oxygens (including phenoxy) is 1. The van der Waals surface area contributed by atoms with Crippen molar-refractivity contribution in [1.82, 2.24) is 20.2 Å². The van der Waals surface area contributed by atoms with Crippen molar-refractivity contribution in [3.63, 3.8) is 0 Å². The van der Waals surface area contributed by atoms with Gasteiger partial charge >= 0.3 is 0 Å². The Morgan fingerprint density at radius 1 is 1.36 bits per heavy atom. The van der Waals surface area contributed by atoms with Crippen LogP contribution in [-0.2, 0) is 11.8 Å². The van der Waals surface area contributed by atoms with E-state index in [1.807, 2.05) is 43.4 Å². The van der Waals surface area contributed by atoms with Gasteiger partial charge in [-0.1, -0.05) is 42.1 Å². The fraction of sp³-hybridized carbons (Fsp3) is 0.176. The van der Waals surface area contributed by atoms with E-state index >= 15 is 0 Å². The zero-order valence-corrected chi connectivity index (χ0v) is 14.7. The summed E-state index contributed by atoms with van der Waals surface area (Å²) in [5.41, 5.74) is 3.35. The SMILES string of the molecule is COc1ccc2ccccc2c1/C=N/NC(=O)CSc1nncn1C. The largest absolute Gasteiger partial charge is 0.496 e.